The number of aryl methyl sites for hydroxylation is 1. The van der Waals surface area contributed by atoms with Gasteiger partial charge in [-0.15, -0.1) is 0 Å². The average molecular weight is 317 g/mol. The fourth-order valence-corrected chi connectivity index (χ4v) is 3.49. The van der Waals surface area contributed by atoms with E-state index in [1.807, 2.05) is 11.8 Å². The molecule has 0 radical (unpaired) electrons. The van der Waals surface area contributed by atoms with Crippen LogP contribution in [0, 0.1) is 6.92 Å². The van der Waals surface area contributed by atoms with Gasteiger partial charge < -0.3 is 15.1 Å². The smallest absolute Gasteiger partial charge is 0.219 e. The first-order chi connectivity index (χ1) is 11.1. The quantitative estimate of drug-likeness (QED) is 0.926. The van der Waals surface area contributed by atoms with E-state index in [0.717, 1.165) is 43.6 Å². The molecule has 23 heavy (non-hydrogen) atoms. The van der Waals surface area contributed by atoms with Crippen molar-refractivity contribution in [3.8, 4) is 0 Å². The van der Waals surface area contributed by atoms with Gasteiger partial charge in [-0.2, -0.15) is 0 Å². The van der Waals surface area contributed by atoms with Crippen LogP contribution in [-0.4, -0.2) is 53.0 Å². The van der Waals surface area contributed by atoms with Crippen LogP contribution < -0.4 is 10.2 Å². The van der Waals surface area contributed by atoms with Crippen LogP contribution in [0.15, 0.2) is 6.07 Å². The third-order valence-electron chi connectivity index (χ3n) is 4.83. The topological polar surface area (TPSA) is 61.4 Å². The van der Waals surface area contributed by atoms with E-state index in [1.54, 1.807) is 6.92 Å². The Morgan fingerprint density at radius 3 is 2.48 bits per heavy atom. The molecule has 6 nitrogen and oxygen atoms in total. The first kappa shape index (κ1) is 16.0. The molecule has 2 aliphatic rings. The molecule has 1 aliphatic carbocycles. The fraction of sp³-hybridized carbons (Fsp3) is 0.706. The molecule has 2 heterocycles. The predicted molar refractivity (Wildman–Crippen MR) is 91.7 cm³/mol. The van der Waals surface area contributed by atoms with E-state index in [0.29, 0.717) is 6.04 Å². The molecule has 1 aromatic heterocycles. The number of anilines is 2. The maximum atomic E-state index is 11.4. The van der Waals surface area contributed by atoms with Gasteiger partial charge in [0.15, 0.2) is 0 Å². The second-order valence-electron chi connectivity index (χ2n) is 6.63. The minimum absolute atomic E-state index is 0.156. The van der Waals surface area contributed by atoms with Gasteiger partial charge in [-0.05, 0) is 19.8 Å². The van der Waals surface area contributed by atoms with E-state index >= 15 is 0 Å². The van der Waals surface area contributed by atoms with Crippen LogP contribution in [0.5, 0.6) is 0 Å². The Balaban J connectivity index is 1.66. The van der Waals surface area contributed by atoms with Crippen LogP contribution in [0.3, 0.4) is 0 Å². The molecule has 1 amide bonds. The van der Waals surface area contributed by atoms with Gasteiger partial charge >= 0.3 is 0 Å². The highest BCUT2D eigenvalue weighted by Crippen LogP contribution is 2.23. The minimum Gasteiger partial charge on any atom is -0.367 e. The summed E-state index contributed by atoms with van der Waals surface area (Å²) >= 11 is 0. The second-order valence-corrected chi connectivity index (χ2v) is 6.63. The fourth-order valence-electron chi connectivity index (χ4n) is 3.49. The van der Waals surface area contributed by atoms with Crippen LogP contribution >= 0.6 is 0 Å². The first-order valence-electron chi connectivity index (χ1n) is 8.74. The number of amides is 1. The van der Waals surface area contributed by atoms with Crippen molar-refractivity contribution in [2.75, 3.05) is 36.4 Å². The molecule has 1 N–H and O–H groups in total. The Bertz CT molecular complexity index is 548. The molecule has 1 aliphatic heterocycles. The van der Waals surface area contributed by atoms with Crippen LogP contribution in [-0.2, 0) is 4.79 Å². The first-order valence-corrected chi connectivity index (χ1v) is 8.74. The van der Waals surface area contributed by atoms with Crippen molar-refractivity contribution >= 4 is 17.5 Å². The molecule has 0 aromatic carbocycles. The van der Waals surface area contributed by atoms with Gasteiger partial charge in [-0.25, -0.2) is 9.97 Å². The van der Waals surface area contributed by atoms with E-state index < -0.39 is 0 Å². The summed E-state index contributed by atoms with van der Waals surface area (Å²) in [5, 5.41) is 3.59. The highest BCUT2D eigenvalue weighted by Gasteiger charge is 2.21. The lowest BCUT2D eigenvalue weighted by Gasteiger charge is -2.35. The summed E-state index contributed by atoms with van der Waals surface area (Å²) in [6, 6.07) is 2.60. The predicted octanol–water partition coefficient (Wildman–Crippen LogP) is 2.20. The van der Waals surface area contributed by atoms with Gasteiger partial charge in [-0.3, -0.25) is 4.79 Å². The molecule has 0 spiro atoms. The third kappa shape index (κ3) is 4.12. The number of carbonyl (C=O) groups excluding carboxylic acids is 1. The van der Waals surface area contributed by atoms with E-state index in [-0.39, 0.29) is 5.91 Å². The van der Waals surface area contributed by atoms with Gasteiger partial charge in [0, 0.05) is 45.2 Å². The Morgan fingerprint density at radius 1 is 1.13 bits per heavy atom. The van der Waals surface area contributed by atoms with Gasteiger partial charge in [0.1, 0.15) is 17.5 Å². The molecule has 0 bridgehead atoms. The van der Waals surface area contributed by atoms with Crippen LogP contribution in [0.4, 0.5) is 11.6 Å². The van der Waals surface area contributed by atoms with Crippen molar-refractivity contribution in [2.45, 2.75) is 52.0 Å². The Hall–Kier alpha value is -1.85. The van der Waals surface area contributed by atoms with Gasteiger partial charge in [0.25, 0.3) is 0 Å². The lowest BCUT2D eigenvalue weighted by Crippen LogP contribution is -2.48. The Labute approximate surface area is 138 Å². The minimum atomic E-state index is 0.156. The maximum absolute atomic E-state index is 11.4. The molecule has 1 aromatic rings. The number of carbonyl (C=O) groups is 1. The average Bonchev–Trinajstić information content (AvgIpc) is 2.55. The van der Waals surface area contributed by atoms with E-state index in [4.69, 9.17) is 0 Å². The van der Waals surface area contributed by atoms with Crippen LogP contribution in [0.1, 0.15) is 44.9 Å². The third-order valence-corrected chi connectivity index (χ3v) is 4.83. The molecule has 0 atom stereocenters. The zero-order valence-corrected chi connectivity index (χ0v) is 14.2. The summed E-state index contributed by atoms with van der Waals surface area (Å²) in [6.07, 6.45) is 6.43. The lowest BCUT2D eigenvalue weighted by molar-refractivity contribution is -0.129. The van der Waals surface area contributed by atoms with Gasteiger partial charge in [0.05, 0.1) is 0 Å². The second kappa shape index (κ2) is 7.15. The maximum Gasteiger partial charge on any atom is 0.219 e. The number of nitrogens with one attached hydrogen (secondary N) is 1. The highest BCUT2D eigenvalue weighted by atomic mass is 16.2. The molecule has 3 rings (SSSR count). The molecule has 0 unspecified atom stereocenters. The molecule has 126 valence electrons. The molecular weight excluding hydrogens is 290 g/mol. The van der Waals surface area contributed by atoms with Crippen molar-refractivity contribution < 1.29 is 4.79 Å². The molecule has 1 saturated heterocycles. The summed E-state index contributed by atoms with van der Waals surface area (Å²) in [4.78, 5) is 24.7. The summed E-state index contributed by atoms with van der Waals surface area (Å²) in [5.41, 5.74) is 0. The summed E-state index contributed by atoms with van der Waals surface area (Å²) in [5.74, 6) is 2.87. The van der Waals surface area contributed by atoms with E-state index in [2.05, 4.69) is 26.3 Å². The Kier molecular flexibility index (Phi) is 4.98. The number of hydrogen-bond acceptors (Lipinski definition) is 5. The number of piperazine rings is 1. The molecular formula is C17H27N5O. The summed E-state index contributed by atoms with van der Waals surface area (Å²) < 4.78 is 0. The largest absolute Gasteiger partial charge is 0.367 e. The lowest BCUT2D eigenvalue weighted by atomic mass is 9.95. The summed E-state index contributed by atoms with van der Waals surface area (Å²) in [7, 11) is 0. The van der Waals surface area contributed by atoms with Gasteiger partial charge in [0.2, 0.25) is 5.91 Å². The normalized spacial score (nSPS) is 19.7. The van der Waals surface area contributed by atoms with Crippen molar-refractivity contribution in [3.63, 3.8) is 0 Å². The van der Waals surface area contributed by atoms with E-state index in [9.17, 15) is 4.79 Å². The van der Waals surface area contributed by atoms with E-state index in [1.165, 1.54) is 32.1 Å². The monoisotopic (exact) mass is 317 g/mol. The zero-order chi connectivity index (χ0) is 16.2. The standard InChI is InChI=1S/C17H27N5O/c1-13-18-16(20-15-6-4-3-5-7-15)12-17(19-13)22-10-8-21(9-11-22)14(2)23/h12,15H,3-11H2,1-2H3,(H,18,19,20). The van der Waals surface area contributed by atoms with Crippen molar-refractivity contribution in [1.29, 1.82) is 0 Å². The van der Waals surface area contributed by atoms with Crippen molar-refractivity contribution in [1.82, 2.24) is 14.9 Å². The number of aromatic nitrogens is 2. The zero-order valence-electron chi connectivity index (χ0n) is 14.2. The van der Waals surface area contributed by atoms with Crippen LogP contribution in [0.25, 0.3) is 0 Å². The molecule has 6 heteroatoms. The number of nitrogens with zero attached hydrogens (tertiary/aromatic N) is 4. The Morgan fingerprint density at radius 2 is 1.83 bits per heavy atom. The highest BCUT2D eigenvalue weighted by molar-refractivity contribution is 5.73. The molecule has 1 saturated carbocycles. The summed E-state index contributed by atoms with van der Waals surface area (Å²) in [6.45, 7) is 6.78. The van der Waals surface area contributed by atoms with Crippen molar-refractivity contribution in [3.05, 3.63) is 11.9 Å². The number of rotatable bonds is 3. The SMILES string of the molecule is CC(=O)N1CCN(c2cc(NC3CCCCC3)nc(C)n2)CC1. The number of hydrogen-bond donors (Lipinski definition) is 1. The van der Waals surface area contributed by atoms with Crippen LogP contribution in [0.2, 0.25) is 0 Å². The molecule has 2 fully saturated rings. The van der Waals surface area contributed by atoms with Gasteiger partial charge in [-0.1, -0.05) is 19.3 Å². The van der Waals surface area contributed by atoms with Crippen molar-refractivity contribution in [2.24, 2.45) is 0 Å².